The fourth-order valence-corrected chi connectivity index (χ4v) is 0.798. The van der Waals surface area contributed by atoms with Crippen molar-refractivity contribution in [3.63, 3.8) is 0 Å². The Morgan fingerprint density at radius 2 is 1.87 bits per heavy atom. The highest BCUT2D eigenvalue weighted by Gasteiger charge is 2.09. The molecule has 0 aromatic carbocycles. The molecule has 0 saturated heterocycles. The fraction of sp³-hybridized carbons (Fsp3) is 0.900. The average Bonchev–Trinajstić information content (AvgIpc) is 2.15. The number of carbonyl (C=O) groups is 1. The topological polar surface area (TPSA) is 59.0 Å². The van der Waals surface area contributed by atoms with Crippen molar-refractivity contribution >= 4 is 5.97 Å². The Morgan fingerprint density at radius 1 is 1.27 bits per heavy atom. The highest BCUT2D eigenvalue weighted by atomic mass is 16.5. The van der Waals surface area contributed by atoms with Crippen molar-refractivity contribution in [2.75, 3.05) is 47.1 Å². The number of nitrogens with zero attached hydrogens (tertiary/aromatic N) is 1. The van der Waals surface area contributed by atoms with Gasteiger partial charge in [-0.05, 0) is 21.0 Å². The van der Waals surface area contributed by atoms with Gasteiger partial charge in [-0.2, -0.15) is 0 Å². The summed E-state index contributed by atoms with van der Waals surface area (Å²) in [5.41, 5.74) is 0. The molecule has 1 atom stereocenters. The van der Waals surface area contributed by atoms with Crippen LogP contribution in [-0.2, 0) is 14.3 Å². The van der Waals surface area contributed by atoms with Gasteiger partial charge in [-0.15, -0.1) is 0 Å². The standard InChI is InChI=1S/C10H21NO4/c1-9(10(12)13)8-15-7-6-14-5-4-11(2)3/h9H,4-8H2,1-3H3,(H,12,13). The molecule has 90 valence electrons. The summed E-state index contributed by atoms with van der Waals surface area (Å²) < 4.78 is 10.4. The monoisotopic (exact) mass is 219 g/mol. The Bertz CT molecular complexity index is 173. The van der Waals surface area contributed by atoms with Gasteiger partial charge in [0.05, 0.1) is 32.3 Å². The predicted molar refractivity (Wildman–Crippen MR) is 57.0 cm³/mol. The van der Waals surface area contributed by atoms with Crippen molar-refractivity contribution in [2.45, 2.75) is 6.92 Å². The summed E-state index contributed by atoms with van der Waals surface area (Å²) in [5, 5.41) is 8.57. The quantitative estimate of drug-likeness (QED) is 0.565. The van der Waals surface area contributed by atoms with Gasteiger partial charge in [-0.1, -0.05) is 0 Å². The Labute approximate surface area is 91.0 Å². The number of hydrogen-bond acceptors (Lipinski definition) is 4. The summed E-state index contributed by atoms with van der Waals surface area (Å²) in [4.78, 5) is 12.5. The van der Waals surface area contributed by atoms with E-state index in [1.54, 1.807) is 6.92 Å². The van der Waals surface area contributed by atoms with Crippen LogP contribution in [0.15, 0.2) is 0 Å². The van der Waals surface area contributed by atoms with Crippen molar-refractivity contribution in [1.82, 2.24) is 4.90 Å². The summed E-state index contributed by atoms with van der Waals surface area (Å²) in [5.74, 6) is -1.28. The van der Waals surface area contributed by atoms with Gasteiger partial charge in [-0.25, -0.2) is 0 Å². The summed E-state index contributed by atoms with van der Waals surface area (Å²) in [7, 11) is 3.96. The lowest BCUT2D eigenvalue weighted by Gasteiger charge is -2.10. The molecule has 0 aromatic heterocycles. The van der Waals surface area contributed by atoms with Crippen LogP contribution in [0.25, 0.3) is 0 Å². The second-order valence-corrected chi connectivity index (χ2v) is 3.73. The number of aliphatic carboxylic acids is 1. The highest BCUT2D eigenvalue weighted by Crippen LogP contribution is 1.95. The van der Waals surface area contributed by atoms with E-state index in [1.165, 1.54) is 0 Å². The molecule has 1 N–H and O–H groups in total. The van der Waals surface area contributed by atoms with Crippen LogP contribution >= 0.6 is 0 Å². The average molecular weight is 219 g/mol. The van der Waals surface area contributed by atoms with Gasteiger partial charge in [0.25, 0.3) is 0 Å². The Hall–Kier alpha value is -0.650. The van der Waals surface area contributed by atoms with Gasteiger partial charge >= 0.3 is 5.97 Å². The predicted octanol–water partition coefficient (Wildman–Crippen LogP) is 0.302. The molecule has 15 heavy (non-hydrogen) atoms. The largest absolute Gasteiger partial charge is 0.481 e. The Balaban J connectivity index is 3.15. The molecule has 0 aliphatic carbocycles. The van der Waals surface area contributed by atoms with Crippen LogP contribution in [0.3, 0.4) is 0 Å². The van der Waals surface area contributed by atoms with Gasteiger partial charge in [0.1, 0.15) is 0 Å². The molecule has 0 bridgehead atoms. The van der Waals surface area contributed by atoms with Gasteiger partial charge in [0.2, 0.25) is 0 Å². The highest BCUT2D eigenvalue weighted by molar-refractivity contribution is 5.69. The molecule has 0 aromatic rings. The molecule has 0 fully saturated rings. The maximum absolute atomic E-state index is 10.4. The van der Waals surface area contributed by atoms with Crippen molar-refractivity contribution in [3.8, 4) is 0 Å². The zero-order valence-corrected chi connectivity index (χ0v) is 9.73. The minimum atomic E-state index is -0.830. The smallest absolute Gasteiger partial charge is 0.308 e. The van der Waals surface area contributed by atoms with Crippen LogP contribution in [0.2, 0.25) is 0 Å². The minimum absolute atomic E-state index is 0.242. The van der Waals surface area contributed by atoms with E-state index in [9.17, 15) is 4.79 Å². The van der Waals surface area contributed by atoms with E-state index in [1.807, 2.05) is 19.0 Å². The molecule has 0 amide bonds. The van der Waals surface area contributed by atoms with E-state index in [-0.39, 0.29) is 6.61 Å². The van der Waals surface area contributed by atoms with Crippen molar-refractivity contribution in [2.24, 2.45) is 5.92 Å². The summed E-state index contributed by atoms with van der Waals surface area (Å²) in [6.45, 7) is 4.38. The molecule has 0 rings (SSSR count). The van der Waals surface area contributed by atoms with Gasteiger partial charge in [-0.3, -0.25) is 4.79 Å². The van der Waals surface area contributed by atoms with Crippen molar-refractivity contribution < 1.29 is 19.4 Å². The maximum Gasteiger partial charge on any atom is 0.308 e. The number of hydrogen-bond donors (Lipinski definition) is 1. The fourth-order valence-electron chi connectivity index (χ4n) is 0.798. The molecule has 0 radical (unpaired) electrons. The van der Waals surface area contributed by atoms with Crippen LogP contribution in [-0.4, -0.2) is 63.0 Å². The molecule has 0 spiro atoms. The third-order valence-electron chi connectivity index (χ3n) is 1.84. The molecule has 5 nitrogen and oxygen atoms in total. The molecule has 0 heterocycles. The van der Waals surface area contributed by atoms with Crippen molar-refractivity contribution in [3.05, 3.63) is 0 Å². The van der Waals surface area contributed by atoms with E-state index in [0.717, 1.165) is 6.54 Å². The molecule has 0 aliphatic rings. The molecule has 0 saturated carbocycles. The lowest BCUT2D eigenvalue weighted by atomic mass is 10.2. The zero-order valence-electron chi connectivity index (χ0n) is 9.73. The Morgan fingerprint density at radius 3 is 2.40 bits per heavy atom. The SMILES string of the molecule is CC(COCCOCCN(C)C)C(=O)O. The molecule has 1 unspecified atom stereocenters. The summed E-state index contributed by atoms with van der Waals surface area (Å²) >= 11 is 0. The van der Waals surface area contributed by atoms with E-state index in [4.69, 9.17) is 14.6 Å². The zero-order chi connectivity index (χ0) is 11.7. The van der Waals surface area contributed by atoms with Crippen LogP contribution in [0.4, 0.5) is 0 Å². The third kappa shape index (κ3) is 9.65. The van der Waals surface area contributed by atoms with Crippen LogP contribution in [0.1, 0.15) is 6.92 Å². The minimum Gasteiger partial charge on any atom is -0.481 e. The van der Waals surface area contributed by atoms with E-state index >= 15 is 0 Å². The van der Waals surface area contributed by atoms with Crippen LogP contribution < -0.4 is 0 Å². The van der Waals surface area contributed by atoms with Crippen LogP contribution in [0, 0.1) is 5.92 Å². The van der Waals surface area contributed by atoms with E-state index in [2.05, 4.69) is 0 Å². The first-order valence-electron chi connectivity index (χ1n) is 5.07. The summed E-state index contributed by atoms with van der Waals surface area (Å²) in [6.07, 6.45) is 0. The normalized spacial score (nSPS) is 13.1. The lowest BCUT2D eigenvalue weighted by Crippen LogP contribution is -2.20. The number of rotatable bonds is 9. The third-order valence-corrected chi connectivity index (χ3v) is 1.84. The first kappa shape index (κ1) is 14.3. The number of likely N-dealkylation sites (N-methyl/N-ethyl adjacent to an activating group) is 1. The van der Waals surface area contributed by atoms with E-state index < -0.39 is 11.9 Å². The number of carboxylic acid groups (broad SMARTS) is 1. The molecule has 5 heteroatoms. The van der Waals surface area contributed by atoms with Gasteiger partial charge < -0.3 is 19.5 Å². The summed E-state index contributed by atoms with van der Waals surface area (Å²) in [6, 6.07) is 0. The van der Waals surface area contributed by atoms with Crippen molar-refractivity contribution in [1.29, 1.82) is 0 Å². The Kier molecular flexibility index (Phi) is 8.27. The molecular formula is C10H21NO4. The first-order chi connectivity index (χ1) is 7.04. The maximum atomic E-state index is 10.4. The van der Waals surface area contributed by atoms with E-state index in [0.29, 0.717) is 19.8 Å². The molecular weight excluding hydrogens is 198 g/mol. The van der Waals surface area contributed by atoms with Gasteiger partial charge in [0.15, 0.2) is 0 Å². The number of carboxylic acids is 1. The van der Waals surface area contributed by atoms with Gasteiger partial charge in [0, 0.05) is 6.54 Å². The van der Waals surface area contributed by atoms with Crippen LogP contribution in [0.5, 0.6) is 0 Å². The first-order valence-corrected chi connectivity index (χ1v) is 5.07. The lowest BCUT2D eigenvalue weighted by molar-refractivity contribution is -0.143. The second-order valence-electron chi connectivity index (χ2n) is 3.73. The second kappa shape index (κ2) is 8.64. The number of ether oxygens (including phenoxy) is 2. The molecule has 0 aliphatic heterocycles.